The highest BCUT2D eigenvalue weighted by Crippen LogP contribution is 2.48. The van der Waals surface area contributed by atoms with Gasteiger partial charge < -0.3 is 11.1 Å². The van der Waals surface area contributed by atoms with E-state index in [-0.39, 0.29) is 0 Å². The fourth-order valence-corrected chi connectivity index (χ4v) is 3.04. The van der Waals surface area contributed by atoms with Crippen LogP contribution in [0.1, 0.15) is 5.56 Å². The minimum absolute atomic E-state index is 0.389. The molecule has 8 heteroatoms. The zero-order valence-electron chi connectivity index (χ0n) is 10.4. The van der Waals surface area contributed by atoms with Gasteiger partial charge in [-0.25, -0.2) is 0 Å². The van der Waals surface area contributed by atoms with Crippen LogP contribution in [-0.2, 0) is 11.4 Å². The Morgan fingerprint density at radius 2 is 1.90 bits per heavy atom. The van der Waals surface area contributed by atoms with Crippen molar-refractivity contribution >= 4 is 63.0 Å². The lowest BCUT2D eigenvalue weighted by atomic mass is 10.1. The molecule has 0 amide bonds. The summed E-state index contributed by atoms with van der Waals surface area (Å²) in [5.41, 5.74) is 9.10. The van der Waals surface area contributed by atoms with E-state index in [2.05, 4.69) is 14.0 Å². The Bertz CT molecular complexity index is 866. The Labute approximate surface area is 134 Å². The van der Waals surface area contributed by atoms with Crippen molar-refractivity contribution in [1.29, 1.82) is 5.26 Å². The van der Waals surface area contributed by atoms with Crippen LogP contribution in [0, 0.1) is 11.3 Å². The van der Waals surface area contributed by atoms with Crippen molar-refractivity contribution < 1.29 is 0 Å². The third-order valence-electron chi connectivity index (χ3n) is 2.89. The predicted molar refractivity (Wildman–Crippen MR) is 86.9 cm³/mol. The Morgan fingerprint density at radius 3 is 2.62 bits per heavy atom. The van der Waals surface area contributed by atoms with Crippen LogP contribution in [0.25, 0.3) is 0 Å². The quantitative estimate of drug-likeness (QED) is 0.651. The average Bonchev–Trinajstić information content (AvgIpc) is 2.93. The lowest BCUT2D eigenvalue weighted by Gasteiger charge is -2.12. The first kappa shape index (κ1) is 13.9. The highest BCUT2D eigenvalue weighted by Gasteiger charge is 2.19. The van der Waals surface area contributed by atoms with Crippen molar-refractivity contribution in [3.63, 3.8) is 0 Å². The van der Waals surface area contributed by atoms with Crippen LogP contribution in [0.15, 0.2) is 33.0 Å². The van der Waals surface area contributed by atoms with Gasteiger partial charge in [-0.2, -0.15) is 14.0 Å². The Morgan fingerprint density at radius 1 is 1.14 bits per heavy atom. The minimum Gasteiger partial charge on any atom is -0.398 e. The molecule has 0 spiro atoms. The van der Waals surface area contributed by atoms with E-state index in [4.69, 9.17) is 34.2 Å². The van der Waals surface area contributed by atoms with Gasteiger partial charge in [0, 0.05) is 5.69 Å². The molecule has 0 saturated heterocycles. The van der Waals surface area contributed by atoms with Crippen LogP contribution in [0.2, 0.25) is 10.0 Å². The van der Waals surface area contributed by atoms with Gasteiger partial charge in [-0.1, -0.05) is 23.2 Å². The van der Waals surface area contributed by atoms with Crippen LogP contribution in [0.3, 0.4) is 0 Å². The third-order valence-corrected chi connectivity index (χ3v) is 4.00. The molecule has 1 aliphatic heterocycles. The molecular formula is C13H7Cl2N5S. The number of nitrogens with one attached hydrogen (secondary N) is 1. The number of nitrogens with zero attached hydrogens (tertiary/aromatic N) is 3. The first-order chi connectivity index (χ1) is 10.1. The number of nitriles is 1. The largest absolute Gasteiger partial charge is 0.398 e. The molecule has 2 aromatic rings. The van der Waals surface area contributed by atoms with Crippen LogP contribution in [0.4, 0.5) is 28.4 Å². The molecule has 1 aliphatic rings. The van der Waals surface area contributed by atoms with Crippen LogP contribution < -0.4 is 11.1 Å². The lowest BCUT2D eigenvalue weighted by Crippen LogP contribution is -1.96. The number of halogens is 2. The maximum atomic E-state index is 8.88. The van der Waals surface area contributed by atoms with Crippen molar-refractivity contribution in [3.05, 3.63) is 39.9 Å². The van der Waals surface area contributed by atoms with Crippen LogP contribution in [0.5, 0.6) is 0 Å². The molecular weight excluding hydrogens is 329 g/mol. The van der Waals surface area contributed by atoms with Gasteiger partial charge in [0.05, 0.1) is 38.3 Å². The lowest BCUT2D eigenvalue weighted by molar-refractivity contribution is 1.46. The fourth-order valence-electron chi connectivity index (χ4n) is 1.88. The molecule has 0 aromatic heterocycles. The van der Waals surface area contributed by atoms with E-state index in [1.54, 1.807) is 24.3 Å². The molecule has 0 fully saturated rings. The van der Waals surface area contributed by atoms with Crippen LogP contribution >= 0.6 is 23.2 Å². The number of rotatable bonds is 2. The van der Waals surface area contributed by atoms with E-state index in [1.807, 2.05) is 6.07 Å². The van der Waals surface area contributed by atoms with E-state index >= 15 is 0 Å². The average molecular weight is 336 g/mol. The third kappa shape index (κ3) is 2.47. The van der Waals surface area contributed by atoms with Crippen molar-refractivity contribution in [2.45, 2.75) is 0 Å². The Hall–Kier alpha value is -2.07. The summed E-state index contributed by atoms with van der Waals surface area (Å²) in [4.78, 5) is 0. The van der Waals surface area contributed by atoms with Crippen LogP contribution in [-0.4, -0.2) is 0 Å². The van der Waals surface area contributed by atoms with Gasteiger partial charge in [0.1, 0.15) is 17.4 Å². The zero-order valence-corrected chi connectivity index (χ0v) is 12.7. The van der Waals surface area contributed by atoms with Gasteiger partial charge >= 0.3 is 0 Å². The smallest absolute Gasteiger partial charge is 0.131 e. The topological polar surface area (TPSA) is 86.6 Å². The standard InChI is InChI=1S/C13H7Cl2N5S/c14-8-4-9(15)12-13(20-21-19-12)11(8)18-7-2-1-6(5-16)10(17)3-7/h1-4,18H,17H2. The van der Waals surface area contributed by atoms with Crippen molar-refractivity contribution in [1.82, 2.24) is 0 Å². The summed E-state index contributed by atoms with van der Waals surface area (Å²) in [6.45, 7) is 0. The number of anilines is 3. The summed E-state index contributed by atoms with van der Waals surface area (Å²) < 4.78 is 8.35. The zero-order chi connectivity index (χ0) is 15.0. The maximum Gasteiger partial charge on any atom is 0.131 e. The number of hydrogen-bond donors (Lipinski definition) is 2. The molecule has 2 aromatic carbocycles. The summed E-state index contributed by atoms with van der Waals surface area (Å²) in [5.74, 6) is 0. The second-order valence-corrected chi connectivity index (χ2v) is 5.56. The van der Waals surface area contributed by atoms with Gasteiger partial charge in [-0.3, -0.25) is 0 Å². The van der Waals surface area contributed by atoms with Gasteiger partial charge in [-0.05, 0) is 24.3 Å². The van der Waals surface area contributed by atoms with E-state index in [0.717, 1.165) is 11.4 Å². The number of hydrogen-bond acceptors (Lipinski definition) is 5. The molecule has 0 atom stereocenters. The Balaban J connectivity index is 2.04. The first-order valence-corrected chi connectivity index (χ1v) is 7.25. The maximum absolute atomic E-state index is 8.88. The van der Waals surface area contributed by atoms with E-state index in [0.29, 0.717) is 44.0 Å². The molecule has 0 unspecified atom stereocenters. The summed E-state index contributed by atoms with van der Waals surface area (Å²) in [6.07, 6.45) is 0. The molecule has 3 N–H and O–H groups in total. The number of nitrogens with two attached hydrogens (primary N) is 1. The van der Waals surface area contributed by atoms with Crippen molar-refractivity contribution in [3.8, 4) is 6.07 Å². The normalized spacial score (nSPS) is 11.7. The van der Waals surface area contributed by atoms with Crippen molar-refractivity contribution in [2.24, 2.45) is 8.73 Å². The molecule has 0 bridgehead atoms. The molecule has 104 valence electrons. The Kier molecular flexibility index (Phi) is 3.55. The van der Waals surface area contributed by atoms with E-state index in [1.165, 1.54) is 0 Å². The molecule has 0 aliphatic carbocycles. The monoisotopic (exact) mass is 335 g/mol. The molecule has 5 nitrogen and oxygen atoms in total. The molecule has 1 heterocycles. The number of nitrogen functional groups attached to an aromatic ring is 1. The summed E-state index contributed by atoms with van der Waals surface area (Å²) in [7, 11) is 0. The SMILES string of the molecule is N#Cc1ccc(Nc2c(Cl)cc(Cl)c3c2N=S=N3)cc1N. The summed E-state index contributed by atoms with van der Waals surface area (Å²) in [5, 5.41) is 12.9. The highest BCUT2D eigenvalue weighted by molar-refractivity contribution is 7.58. The summed E-state index contributed by atoms with van der Waals surface area (Å²) >= 11 is 13.4. The number of fused-ring (bicyclic) bond motifs is 1. The fraction of sp³-hybridized carbons (Fsp3) is 0. The predicted octanol–water partition coefficient (Wildman–Crippen LogP) is 4.92. The van der Waals surface area contributed by atoms with Gasteiger partial charge in [-0.15, -0.1) is 0 Å². The van der Waals surface area contributed by atoms with E-state index < -0.39 is 0 Å². The van der Waals surface area contributed by atoms with Gasteiger partial charge in [0.15, 0.2) is 0 Å². The van der Waals surface area contributed by atoms with E-state index in [9.17, 15) is 0 Å². The van der Waals surface area contributed by atoms with Gasteiger partial charge in [0.25, 0.3) is 0 Å². The number of benzene rings is 2. The minimum atomic E-state index is 0.389. The van der Waals surface area contributed by atoms with Gasteiger partial charge in [0.2, 0.25) is 0 Å². The summed E-state index contributed by atoms with van der Waals surface area (Å²) in [6, 6.07) is 8.67. The molecule has 3 rings (SSSR count). The second kappa shape index (κ2) is 5.37. The molecule has 21 heavy (non-hydrogen) atoms. The highest BCUT2D eigenvalue weighted by atomic mass is 35.5. The molecule has 0 saturated carbocycles. The molecule has 0 radical (unpaired) electrons. The first-order valence-electron chi connectivity index (χ1n) is 5.77. The second-order valence-electron chi connectivity index (χ2n) is 4.22. The van der Waals surface area contributed by atoms with Crippen molar-refractivity contribution in [2.75, 3.05) is 11.1 Å².